The number of fused-ring (bicyclic) bond motifs is 5. The molecule has 29 heavy (non-hydrogen) atoms. The maximum absolute atomic E-state index is 4.84. The lowest BCUT2D eigenvalue weighted by atomic mass is 9.90. The van der Waals surface area contributed by atoms with E-state index in [0.29, 0.717) is 0 Å². The summed E-state index contributed by atoms with van der Waals surface area (Å²) < 4.78 is 0. The molecule has 0 radical (unpaired) electrons. The lowest BCUT2D eigenvalue weighted by molar-refractivity contribution is 0.0898. The summed E-state index contributed by atoms with van der Waals surface area (Å²) in [6.45, 7) is 4.93. The predicted molar refractivity (Wildman–Crippen MR) is 115 cm³/mol. The van der Waals surface area contributed by atoms with Crippen molar-refractivity contribution in [3.63, 3.8) is 0 Å². The molecule has 2 aromatic carbocycles. The van der Waals surface area contributed by atoms with Crippen molar-refractivity contribution < 1.29 is 0 Å². The fourth-order valence-electron chi connectivity index (χ4n) is 5.10. The second-order valence-electron chi connectivity index (χ2n) is 8.18. The molecular formula is C23H24N6. The molecule has 1 fully saturated rings. The molecule has 4 heterocycles. The minimum Gasteiger partial charge on any atom is -0.362 e. The molecule has 1 aromatic heterocycles. The molecule has 6 heteroatoms. The van der Waals surface area contributed by atoms with E-state index < -0.39 is 0 Å². The minimum atomic E-state index is -0.0151. The highest BCUT2D eigenvalue weighted by atomic mass is 15.4. The molecule has 6 nitrogen and oxygen atoms in total. The van der Waals surface area contributed by atoms with Gasteiger partial charge in [0.2, 0.25) is 0 Å². The summed E-state index contributed by atoms with van der Waals surface area (Å²) in [4.78, 5) is 18.9. The highest BCUT2D eigenvalue weighted by molar-refractivity contribution is 6.06. The second kappa shape index (κ2) is 6.52. The van der Waals surface area contributed by atoms with Crippen molar-refractivity contribution in [2.75, 3.05) is 31.5 Å². The number of aliphatic imine (C=N–C) groups is 1. The van der Waals surface area contributed by atoms with E-state index in [0.717, 1.165) is 56.6 Å². The first kappa shape index (κ1) is 16.9. The summed E-state index contributed by atoms with van der Waals surface area (Å²) in [5.74, 6) is 1.18. The summed E-state index contributed by atoms with van der Waals surface area (Å²) in [7, 11) is 0. The zero-order valence-electron chi connectivity index (χ0n) is 16.4. The third kappa shape index (κ3) is 2.70. The van der Waals surface area contributed by atoms with E-state index in [1.165, 1.54) is 22.6 Å². The molecule has 0 saturated carbocycles. The van der Waals surface area contributed by atoms with Gasteiger partial charge in [0.05, 0.1) is 17.6 Å². The maximum Gasteiger partial charge on any atom is 0.134 e. The van der Waals surface area contributed by atoms with Gasteiger partial charge in [0.1, 0.15) is 11.5 Å². The average molecular weight is 384 g/mol. The smallest absolute Gasteiger partial charge is 0.134 e. The largest absolute Gasteiger partial charge is 0.362 e. The van der Waals surface area contributed by atoms with Crippen LogP contribution in [-0.2, 0) is 6.54 Å². The van der Waals surface area contributed by atoms with Crippen LogP contribution < -0.4 is 5.32 Å². The number of likely N-dealkylation sites (tertiary alicyclic amines) is 1. The Balaban J connectivity index is 1.24. The van der Waals surface area contributed by atoms with Crippen molar-refractivity contribution in [1.82, 2.24) is 19.8 Å². The molecule has 6 rings (SSSR count). The standard InChI is InChI=1S/C23H24N6/c1-2-6-19-18(5-1)22-26-12-15-29(22)23(27-19)8-13-28(14-9-23)16-17-4-3-7-20-21(17)25-11-10-24-20/h1-7,10-11,27H,8-9,12-16H2. The maximum atomic E-state index is 4.84. The SMILES string of the molecule is c1ccc2c(c1)NC1(CCN(Cc3cccc4nccnc34)CC1)N1CCN=C21. The van der Waals surface area contributed by atoms with Gasteiger partial charge in [-0.3, -0.25) is 19.9 Å². The van der Waals surface area contributed by atoms with Gasteiger partial charge in [-0.05, 0) is 23.8 Å². The van der Waals surface area contributed by atoms with Crippen LogP contribution in [0.1, 0.15) is 24.0 Å². The van der Waals surface area contributed by atoms with Crippen LogP contribution >= 0.6 is 0 Å². The normalized spacial score (nSPS) is 20.3. The second-order valence-corrected chi connectivity index (χ2v) is 8.18. The molecule has 1 saturated heterocycles. The molecule has 3 aromatic rings. The van der Waals surface area contributed by atoms with Crippen molar-refractivity contribution in [3.8, 4) is 0 Å². The molecule has 0 bridgehead atoms. The molecular weight excluding hydrogens is 360 g/mol. The summed E-state index contributed by atoms with van der Waals surface area (Å²) in [5, 5.41) is 3.89. The van der Waals surface area contributed by atoms with Crippen LogP contribution in [0.2, 0.25) is 0 Å². The van der Waals surface area contributed by atoms with Crippen molar-refractivity contribution in [2.45, 2.75) is 25.0 Å². The average Bonchev–Trinajstić information content (AvgIpc) is 3.27. The fourth-order valence-corrected chi connectivity index (χ4v) is 5.10. The molecule has 3 aliphatic rings. The van der Waals surface area contributed by atoms with E-state index in [1.54, 1.807) is 12.4 Å². The lowest BCUT2D eigenvalue weighted by Crippen LogP contribution is -2.63. The zero-order valence-corrected chi connectivity index (χ0v) is 16.4. The third-order valence-electron chi connectivity index (χ3n) is 6.55. The van der Waals surface area contributed by atoms with Crippen molar-refractivity contribution in [2.24, 2.45) is 4.99 Å². The van der Waals surface area contributed by atoms with Crippen molar-refractivity contribution in [1.29, 1.82) is 0 Å². The first-order chi connectivity index (χ1) is 14.3. The van der Waals surface area contributed by atoms with Gasteiger partial charge in [-0.1, -0.05) is 24.3 Å². The van der Waals surface area contributed by atoms with Crippen LogP contribution in [-0.4, -0.2) is 57.4 Å². The van der Waals surface area contributed by atoms with E-state index >= 15 is 0 Å². The summed E-state index contributed by atoms with van der Waals surface area (Å²) in [5.41, 5.74) is 5.71. The number of para-hydroxylation sites is 2. The lowest BCUT2D eigenvalue weighted by Gasteiger charge is -2.52. The Morgan fingerprint density at radius 2 is 1.79 bits per heavy atom. The Morgan fingerprint density at radius 1 is 0.931 bits per heavy atom. The molecule has 1 N–H and O–H groups in total. The molecule has 1 spiro atoms. The first-order valence-corrected chi connectivity index (χ1v) is 10.4. The molecule has 0 amide bonds. The highest BCUT2D eigenvalue weighted by Crippen LogP contribution is 2.39. The molecule has 0 aliphatic carbocycles. The van der Waals surface area contributed by atoms with Crippen LogP contribution in [0, 0.1) is 0 Å². The topological polar surface area (TPSA) is 56.6 Å². The third-order valence-corrected chi connectivity index (χ3v) is 6.55. The van der Waals surface area contributed by atoms with Gasteiger partial charge in [0.15, 0.2) is 0 Å². The summed E-state index contributed by atoms with van der Waals surface area (Å²) >= 11 is 0. The Morgan fingerprint density at radius 3 is 2.72 bits per heavy atom. The van der Waals surface area contributed by atoms with Gasteiger partial charge in [0.25, 0.3) is 0 Å². The molecule has 0 atom stereocenters. The minimum absolute atomic E-state index is 0.0151. The number of piperidine rings is 1. The number of aromatic nitrogens is 2. The van der Waals surface area contributed by atoms with E-state index in [2.05, 4.69) is 61.5 Å². The number of rotatable bonds is 2. The number of hydrogen-bond donors (Lipinski definition) is 1. The van der Waals surface area contributed by atoms with Crippen molar-refractivity contribution in [3.05, 3.63) is 66.0 Å². The fraction of sp³-hybridized carbons (Fsp3) is 0.348. The quantitative estimate of drug-likeness (QED) is 0.736. The Hall–Kier alpha value is -2.99. The van der Waals surface area contributed by atoms with Gasteiger partial charge in [-0.2, -0.15) is 0 Å². The molecule has 146 valence electrons. The van der Waals surface area contributed by atoms with Gasteiger partial charge >= 0.3 is 0 Å². The monoisotopic (exact) mass is 384 g/mol. The van der Waals surface area contributed by atoms with Crippen LogP contribution in [0.5, 0.6) is 0 Å². The Kier molecular flexibility index (Phi) is 3.81. The van der Waals surface area contributed by atoms with Crippen LogP contribution in [0.25, 0.3) is 11.0 Å². The van der Waals surface area contributed by atoms with E-state index in [-0.39, 0.29) is 5.66 Å². The number of amidine groups is 1. The van der Waals surface area contributed by atoms with E-state index in [4.69, 9.17) is 4.99 Å². The number of nitrogens with one attached hydrogen (secondary N) is 1. The van der Waals surface area contributed by atoms with Gasteiger partial charge < -0.3 is 10.2 Å². The number of anilines is 1. The highest BCUT2D eigenvalue weighted by Gasteiger charge is 2.46. The van der Waals surface area contributed by atoms with E-state index in [1.807, 2.05) is 6.07 Å². The van der Waals surface area contributed by atoms with Gasteiger partial charge in [-0.15, -0.1) is 0 Å². The molecule has 3 aliphatic heterocycles. The first-order valence-electron chi connectivity index (χ1n) is 10.4. The number of hydrogen-bond acceptors (Lipinski definition) is 6. The number of benzene rings is 2. The van der Waals surface area contributed by atoms with Gasteiger partial charge in [0, 0.05) is 62.7 Å². The van der Waals surface area contributed by atoms with Crippen molar-refractivity contribution >= 4 is 22.6 Å². The Labute approximate surface area is 170 Å². The van der Waals surface area contributed by atoms with Crippen LogP contribution in [0.4, 0.5) is 5.69 Å². The van der Waals surface area contributed by atoms with Gasteiger partial charge in [-0.25, -0.2) is 0 Å². The summed E-state index contributed by atoms with van der Waals surface area (Å²) in [6, 6.07) is 14.9. The Bertz CT molecular complexity index is 1090. The van der Waals surface area contributed by atoms with Crippen LogP contribution in [0.3, 0.4) is 0 Å². The predicted octanol–water partition coefficient (Wildman–Crippen LogP) is 3.11. The zero-order chi connectivity index (χ0) is 19.3. The van der Waals surface area contributed by atoms with E-state index in [9.17, 15) is 0 Å². The molecule has 0 unspecified atom stereocenters. The number of nitrogens with zero attached hydrogens (tertiary/aromatic N) is 5. The van der Waals surface area contributed by atoms with Crippen LogP contribution in [0.15, 0.2) is 59.9 Å². The summed E-state index contributed by atoms with van der Waals surface area (Å²) in [6.07, 6.45) is 5.71.